The molecule has 0 amide bonds. The lowest BCUT2D eigenvalue weighted by molar-refractivity contribution is 0.669. The molecule has 3 heteroatoms. The minimum Gasteiger partial charge on any atom is -0.456 e. The number of hydrogen-bond acceptors (Lipinski definition) is 2. The molecule has 42 heavy (non-hydrogen) atoms. The molecule has 0 spiro atoms. The van der Waals surface area contributed by atoms with E-state index in [2.05, 4.69) is 119 Å². The van der Waals surface area contributed by atoms with E-state index >= 15 is 0 Å². The van der Waals surface area contributed by atoms with Crippen molar-refractivity contribution in [3.05, 3.63) is 134 Å². The fourth-order valence-electron chi connectivity index (χ4n) is 7.20. The molecule has 3 aromatic heterocycles. The summed E-state index contributed by atoms with van der Waals surface area (Å²) in [6.45, 7) is 0. The molecule has 0 saturated carbocycles. The summed E-state index contributed by atoms with van der Waals surface area (Å²) in [5.74, 6) is 0. The van der Waals surface area contributed by atoms with Gasteiger partial charge in [-0.1, -0.05) is 72.8 Å². The van der Waals surface area contributed by atoms with Gasteiger partial charge in [0.05, 0.1) is 16.7 Å². The molecule has 0 aliphatic heterocycles. The van der Waals surface area contributed by atoms with Gasteiger partial charge < -0.3 is 8.98 Å². The van der Waals surface area contributed by atoms with Gasteiger partial charge >= 0.3 is 0 Å². The van der Waals surface area contributed by atoms with E-state index in [0.29, 0.717) is 0 Å². The van der Waals surface area contributed by atoms with E-state index in [1.807, 2.05) is 24.5 Å². The number of furan rings is 1. The van der Waals surface area contributed by atoms with Gasteiger partial charge in [-0.25, -0.2) is 0 Å². The molecule has 0 atom stereocenters. The van der Waals surface area contributed by atoms with Crippen LogP contribution in [-0.4, -0.2) is 9.55 Å². The third-order valence-corrected chi connectivity index (χ3v) is 9.04. The zero-order valence-corrected chi connectivity index (χ0v) is 22.5. The first kappa shape index (κ1) is 22.1. The molecule has 0 unspecified atom stereocenters. The van der Waals surface area contributed by atoms with Crippen molar-refractivity contribution in [2.45, 2.75) is 0 Å². The van der Waals surface area contributed by atoms with Crippen LogP contribution in [0.5, 0.6) is 0 Å². The van der Waals surface area contributed by atoms with Crippen molar-refractivity contribution in [3.63, 3.8) is 0 Å². The van der Waals surface area contributed by atoms with Crippen LogP contribution in [0.2, 0.25) is 0 Å². The molecule has 0 N–H and O–H groups in total. The second-order valence-electron chi connectivity index (χ2n) is 11.2. The molecule has 0 bridgehead atoms. The lowest BCUT2D eigenvalue weighted by Gasteiger charge is -2.13. The third-order valence-electron chi connectivity index (χ3n) is 9.04. The second kappa shape index (κ2) is 7.96. The highest BCUT2D eigenvalue weighted by Gasteiger charge is 2.24. The average Bonchev–Trinajstić information content (AvgIpc) is 3.70. The highest BCUT2D eigenvalue weighted by molar-refractivity contribution is 6.19. The van der Waals surface area contributed by atoms with Crippen molar-refractivity contribution >= 4 is 54.5 Å². The lowest BCUT2D eigenvalue weighted by Crippen LogP contribution is -1.95. The van der Waals surface area contributed by atoms with Crippen LogP contribution < -0.4 is 0 Å². The number of nitrogens with zero attached hydrogens (tertiary/aromatic N) is 2. The first-order chi connectivity index (χ1) is 20.8. The quantitative estimate of drug-likeness (QED) is 0.221. The first-order valence-corrected chi connectivity index (χ1v) is 14.3. The van der Waals surface area contributed by atoms with Gasteiger partial charge in [-0.15, -0.1) is 0 Å². The topological polar surface area (TPSA) is 31.0 Å². The number of benzene rings is 6. The maximum absolute atomic E-state index is 6.09. The molecular formula is C39H22N2O. The highest BCUT2D eigenvalue weighted by Crippen LogP contribution is 2.49. The summed E-state index contributed by atoms with van der Waals surface area (Å²) in [6.07, 6.45) is 3.89. The zero-order valence-electron chi connectivity index (χ0n) is 22.5. The summed E-state index contributed by atoms with van der Waals surface area (Å²) >= 11 is 0. The van der Waals surface area contributed by atoms with Gasteiger partial charge in [0.2, 0.25) is 0 Å². The summed E-state index contributed by atoms with van der Waals surface area (Å²) in [7, 11) is 0. The standard InChI is InChI=1S/C39H22N2O/c1-3-10-34-26(6-1)31-20-23(24-13-17-38-32(21-24)27-7-2-4-11-37(27)42-38)12-15-36(31)41(34)35-16-14-29-25-18-19-40-22-33(25)28-8-5-9-30(35)39(28)29/h1-22H. The Morgan fingerprint density at radius 2 is 1.21 bits per heavy atom. The molecule has 9 aromatic rings. The fourth-order valence-corrected chi connectivity index (χ4v) is 7.20. The molecule has 0 radical (unpaired) electrons. The van der Waals surface area contributed by atoms with Crippen molar-refractivity contribution in [2.24, 2.45) is 0 Å². The Balaban J connectivity index is 1.22. The predicted molar refractivity (Wildman–Crippen MR) is 173 cm³/mol. The van der Waals surface area contributed by atoms with E-state index in [9.17, 15) is 0 Å². The number of aromatic nitrogens is 2. The monoisotopic (exact) mass is 534 g/mol. The minimum atomic E-state index is 0.919. The Morgan fingerprint density at radius 1 is 0.476 bits per heavy atom. The molecular weight excluding hydrogens is 512 g/mol. The Bertz CT molecular complexity index is 2550. The Labute approximate surface area is 240 Å². The lowest BCUT2D eigenvalue weighted by atomic mass is 10.0. The van der Waals surface area contributed by atoms with Gasteiger partial charge in [-0.3, -0.25) is 4.98 Å². The second-order valence-corrected chi connectivity index (χ2v) is 11.2. The van der Waals surface area contributed by atoms with E-state index in [0.717, 1.165) is 21.9 Å². The van der Waals surface area contributed by atoms with Crippen molar-refractivity contribution < 1.29 is 4.42 Å². The summed E-state index contributed by atoms with van der Waals surface area (Å²) < 4.78 is 8.53. The molecule has 0 fully saturated rings. The van der Waals surface area contributed by atoms with Crippen LogP contribution in [0.25, 0.3) is 93.6 Å². The number of fused-ring (bicyclic) bond motifs is 9. The normalized spacial score (nSPS) is 12.3. The smallest absolute Gasteiger partial charge is 0.135 e. The third kappa shape index (κ3) is 2.82. The number of hydrogen-bond donors (Lipinski definition) is 0. The van der Waals surface area contributed by atoms with Crippen molar-refractivity contribution in [1.82, 2.24) is 9.55 Å². The van der Waals surface area contributed by atoms with Gasteiger partial charge in [-0.05, 0) is 81.7 Å². The maximum Gasteiger partial charge on any atom is 0.135 e. The van der Waals surface area contributed by atoms with Crippen LogP contribution in [0.15, 0.2) is 138 Å². The van der Waals surface area contributed by atoms with Crippen LogP contribution in [0.3, 0.4) is 0 Å². The molecule has 3 nitrogen and oxygen atoms in total. The summed E-state index contributed by atoms with van der Waals surface area (Å²) in [5, 5.41) is 7.36. The Morgan fingerprint density at radius 3 is 2.17 bits per heavy atom. The molecule has 1 aliphatic carbocycles. The van der Waals surface area contributed by atoms with Crippen LogP contribution in [0.4, 0.5) is 0 Å². The Hall–Kier alpha value is -5.67. The van der Waals surface area contributed by atoms with Gasteiger partial charge in [0.15, 0.2) is 0 Å². The van der Waals surface area contributed by atoms with Crippen LogP contribution >= 0.6 is 0 Å². The van der Waals surface area contributed by atoms with E-state index in [1.165, 1.54) is 71.6 Å². The van der Waals surface area contributed by atoms with Gasteiger partial charge in [0.1, 0.15) is 11.2 Å². The summed E-state index contributed by atoms with van der Waals surface area (Å²) in [5.41, 5.74) is 12.8. The van der Waals surface area contributed by atoms with Crippen molar-refractivity contribution in [2.75, 3.05) is 0 Å². The molecule has 194 valence electrons. The van der Waals surface area contributed by atoms with Crippen LogP contribution in [-0.2, 0) is 0 Å². The minimum absolute atomic E-state index is 0.919. The fraction of sp³-hybridized carbons (Fsp3) is 0. The number of pyridine rings is 1. The van der Waals surface area contributed by atoms with Crippen LogP contribution in [0.1, 0.15) is 0 Å². The summed E-state index contributed by atoms with van der Waals surface area (Å²) in [6, 6.07) is 43.8. The van der Waals surface area contributed by atoms with E-state index in [1.54, 1.807) is 0 Å². The molecule has 0 saturated heterocycles. The first-order valence-electron chi connectivity index (χ1n) is 14.3. The molecule has 1 aliphatic rings. The predicted octanol–water partition coefficient (Wildman–Crippen LogP) is 10.5. The molecule has 3 heterocycles. The van der Waals surface area contributed by atoms with Gasteiger partial charge in [0, 0.05) is 44.9 Å². The Kier molecular flexibility index (Phi) is 4.18. The maximum atomic E-state index is 6.09. The highest BCUT2D eigenvalue weighted by atomic mass is 16.3. The zero-order chi connectivity index (χ0) is 27.4. The number of para-hydroxylation sites is 2. The van der Waals surface area contributed by atoms with E-state index in [4.69, 9.17) is 4.42 Å². The van der Waals surface area contributed by atoms with Gasteiger partial charge in [0.25, 0.3) is 0 Å². The molecule has 10 rings (SSSR count). The van der Waals surface area contributed by atoms with E-state index in [-0.39, 0.29) is 0 Å². The molecule has 6 aromatic carbocycles. The SMILES string of the molecule is c1ccc2c(c1)oc1ccc(-c3ccc4c(c3)c3ccccc3n4-c3ccc4c5c(cccc35)-c3cnccc3-4)cc12. The average molecular weight is 535 g/mol. The van der Waals surface area contributed by atoms with Crippen molar-refractivity contribution in [1.29, 1.82) is 0 Å². The largest absolute Gasteiger partial charge is 0.456 e. The van der Waals surface area contributed by atoms with Crippen LogP contribution in [0, 0.1) is 0 Å². The summed E-state index contributed by atoms with van der Waals surface area (Å²) in [4.78, 5) is 4.43. The number of rotatable bonds is 2. The van der Waals surface area contributed by atoms with Crippen molar-refractivity contribution in [3.8, 4) is 39.1 Å². The van der Waals surface area contributed by atoms with E-state index < -0.39 is 0 Å². The van der Waals surface area contributed by atoms with Gasteiger partial charge in [-0.2, -0.15) is 0 Å².